The Bertz CT molecular complexity index is 263. The highest BCUT2D eigenvalue weighted by molar-refractivity contribution is 5.09. The Hall–Kier alpha value is -0.340. The van der Waals surface area contributed by atoms with Crippen LogP contribution in [0.25, 0.3) is 0 Å². The SMILES string of the molecule is C/C=C\CC12CCC(NC)CC1C2.C1CCNC1.CC.CC. The van der Waals surface area contributed by atoms with Gasteiger partial charge < -0.3 is 10.6 Å². The molecular formula is C20H42N2. The molecule has 0 bridgehead atoms. The van der Waals surface area contributed by atoms with Crippen molar-refractivity contribution in [2.45, 2.75) is 85.6 Å². The molecule has 2 aliphatic carbocycles. The highest BCUT2D eigenvalue weighted by Crippen LogP contribution is 2.63. The van der Waals surface area contributed by atoms with Crippen LogP contribution in [0.4, 0.5) is 0 Å². The van der Waals surface area contributed by atoms with Crippen LogP contribution >= 0.6 is 0 Å². The Kier molecular flexibility index (Phi) is 12.9. The Balaban J connectivity index is 0.000000409. The lowest BCUT2D eigenvalue weighted by atomic mass is 9.83. The lowest BCUT2D eigenvalue weighted by Crippen LogP contribution is -2.30. The van der Waals surface area contributed by atoms with Gasteiger partial charge in [0, 0.05) is 6.04 Å². The molecule has 22 heavy (non-hydrogen) atoms. The number of allylic oxidation sites excluding steroid dienone is 2. The number of hydrogen-bond donors (Lipinski definition) is 2. The van der Waals surface area contributed by atoms with E-state index in [9.17, 15) is 0 Å². The molecule has 132 valence electrons. The van der Waals surface area contributed by atoms with Crippen LogP contribution in [0.1, 0.15) is 79.6 Å². The van der Waals surface area contributed by atoms with Gasteiger partial charge in [-0.05, 0) is 83.3 Å². The first kappa shape index (κ1) is 21.7. The number of fused-ring (bicyclic) bond motifs is 1. The second-order valence-electron chi connectivity index (χ2n) is 6.25. The topological polar surface area (TPSA) is 24.1 Å². The van der Waals surface area contributed by atoms with Crippen molar-refractivity contribution in [3.8, 4) is 0 Å². The van der Waals surface area contributed by atoms with Gasteiger partial charge in [0.2, 0.25) is 0 Å². The summed E-state index contributed by atoms with van der Waals surface area (Å²) in [5.74, 6) is 1.04. The van der Waals surface area contributed by atoms with Crippen LogP contribution in [0.3, 0.4) is 0 Å². The Morgan fingerprint density at radius 2 is 1.77 bits per heavy atom. The van der Waals surface area contributed by atoms with Crippen molar-refractivity contribution < 1.29 is 0 Å². The molecule has 3 unspecified atom stereocenters. The van der Waals surface area contributed by atoms with Gasteiger partial charge in [0.25, 0.3) is 0 Å². The lowest BCUT2D eigenvalue weighted by Gasteiger charge is -2.27. The minimum Gasteiger partial charge on any atom is -0.317 e. The van der Waals surface area contributed by atoms with Crippen molar-refractivity contribution >= 4 is 0 Å². The van der Waals surface area contributed by atoms with Crippen LogP contribution in [0.2, 0.25) is 0 Å². The fraction of sp³-hybridized carbons (Fsp3) is 0.900. The maximum absolute atomic E-state index is 3.42. The predicted octanol–water partition coefficient (Wildman–Crippen LogP) is 5.15. The lowest BCUT2D eigenvalue weighted by molar-refractivity contribution is 0.289. The van der Waals surface area contributed by atoms with E-state index in [0.29, 0.717) is 0 Å². The van der Waals surface area contributed by atoms with Gasteiger partial charge >= 0.3 is 0 Å². The van der Waals surface area contributed by atoms with E-state index in [1.807, 2.05) is 27.7 Å². The second-order valence-corrected chi connectivity index (χ2v) is 6.25. The molecule has 3 rings (SSSR count). The quantitative estimate of drug-likeness (QED) is 0.704. The van der Waals surface area contributed by atoms with Crippen molar-refractivity contribution in [2.24, 2.45) is 11.3 Å². The molecule has 0 radical (unpaired) electrons. The summed E-state index contributed by atoms with van der Waals surface area (Å²) < 4.78 is 0. The molecule has 0 aromatic rings. The van der Waals surface area contributed by atoms with Crippen molar-refractivity contribution in [1.29, 1.82) is 0 Å². The molecule has 0 aromatic heterocycles. The number of nitrogens with one attached hydrogen (secondary N) is 2. The summed E-state index contributed by atoms with van der Waals surface area (Å²) in [6.07, 6.45) is 14.4. The molecule has 1 heterocycles. The monoisotopic (exact) mass is 310 g/mol. The second kappa shape index (κ2) is 13.1. The Morgan fingerprint density at radius 3 is 2.18 bits per heavy atom. The summed E-state index contributed by atoms with van der Waals surface area (Å²) >= 11 is 0. The third-order valence-electron chi connectivity index (χ3n) is 5.04. The van der Waals surface area contributed by atoms with E-state index >= 15 is 0 Å². The van der Waals surface area contributed by atoms with Gasteiger partial charge in [0.05, 0.1) is 0 Å². The largest absolute Gasteiger partial charge is 0.317 e. The highest BCUT2D eigenvalue weighted by Gasteiger charge is 2.55. The fourth-order valence-corrected chi connectivity index (χ4v) is 3.59. The van der Waals surface area contributed by atoms with Crippen LogP contribution in [-0.4, -0.2) is 26.2 Å². The standard InChI is InChI=1S/C12H21N.C4H9N.2C2H6/c1-3-4-6-12-7-5-11(13-2)8-10(12)9-12;1-2-4-5-3-1;2*1-2/h3-4,10-11,13H,5-9H2,1-2H3;5H,1-4H2;2*1-2H3/b4-3-;;;. The first-order valence-corrected chi connectivity index (χ1v) is 9.80. The molecule has 3 fully saturated rings. The first-order chi connectivity index (χ1) is 10.8. The maximum Gasteiger partial charge on any atom is 0.00671 e. The van der Waals surface area contributed by atoms with E-state index in [1.54, 1.807) is 0 Å². The van der Waals surface area contributed by atoms with E-state index in [-0.39, 0.29) is 0 Å². The average molecular weight is 311 g/mol. The van der Waals surface area contributed by atoms with Crippen LogP contribution < -0.4 is 10.6 Å². The van der Waals surface area contributed by atoms with E-state index in [0.717, 1.165) is 17.4 Å². The van der Waals surface area contributed by atoms with Crippen molar-refractivity contribution in [3.63, 3.8) is 0 Å². The molecule has 1 aliphatic heterocycles. The Labute approximate surface area is 140 Å². The van der Waals surface area contributed by atoms with Crippen LogP contribution in [0.5, 0.6) is 0 Å². The van der Waals surface area contributed by atoms with Crippen LogP contribution in [-0.2, 0) is 0 Å². The van der Waals surface area contributed by atoms with Crippen molar-refractivity contribution in [1.82, 2.24) is 10.6 Å². The fourth-order valence-electron chi connectivity index (χ4n) is 3.59. The minimum absolute atomic E-state index is 0.750. The molecule has 2 saturated carbocycles. The zero-order valence-corrected chi connectivity index (χ0v) is 16.2. The van der Waals surface area contributed by atoms with Gasteiger partial charge in [0.15, 0.2) is 0 Å². The molecule has 1 saturated heterocycles. The van der Waals surface area contributed by atoms with E-state index in [2.05, 4.69) is 36.8 Å². The molecule has 3 atom stereocenters. The molecule has 0 amide bonds. The van der Waals surface area contributed by atoms with Crippen molar-refractivity contribution in [2.75, 3.05) is 20.1 Å². The summed E-state index contributed by atoms with van der Waals surface area (Å²) in [6.45, 7) is 12.6. The first-order valence-electron chi connectivity index (χ1n) is 9.80. The Morgan fingerprint density at radius 1 is 1.14 bits per heavy atom. The smallest absolute Gasteiger partial charge is 0.00671 e. The van der Waals surface area contributed by atoms with Gasteiger partial charge in [-0.1, -0.05) is 39.8 Å². The van der Waals surface area contributed by atoms with E-state index in [4.69, 9.17) is 0 Å². The normalized spacial score (nSPS) is 31.7. The highest BCUT2D eigenvalue weighted by atomic mass is 14.9. The van der Waals surface area contributed by atoms with Crippen LogP contribution in [0.15, 0.2) is 12.2 Å². The molecular weight excluding hydrogens is 268 g/mol. The average Bonchev–Trinajstić information content (AvgIpc) is 3.00. The summed E-state index contributed by atoms with van der Waals surface area (Å²) in [5, 5.41) is 6.64. The van der Waals surface area contributed by atoms with Gasteiger partial charge in [-0.3, -0.25) is 0 Å². The van der Waals surface area contributed by atoms with Crippen molar-refractivity contribution in [3.05, 3.63) is 12.2 Å². The predicted molar refractivity (Wildman–Crippen MR) is 101 cm³/mol. The number of hydrogen-bond acceptors (Lipinski definition) is 2. The summed E-state index contributed by atoms with van der Waals surface area (Å²) in [5.41, 5.74) is 0.750. The minimum atomic E-state index is 0.750. The zero-order chi connectivity index (χ0) is 16.8. The molecule has 0 spiro atoms. The van der Waals surface area contributed by atoms with E-state index in [1.165, 1.54) is 58.0 Å². The van der Waals surface area contributed by atoms with Gasteiger partial charge in [-0.2, -0.15) is 0 Å². The zero-order valence-electron chi connectivity index (χ0n) is 16.2. The molecule has 2 heteroatoms. The van der Waals surface area contributed by atoms with Gasteiger partial charge in [-0.25, -0.2) is 0 Å². The molecule has 2 N–H and O–H groups in total. The summed E-state index contributed by atoms with van der Waals surface area (Å²) in [6, 6.07) is 0.811. The molecule has 0 aromatic carbocycles. The third-order valence-corrected chi connectivity index (χ3v) is 5.04. The van der Waals surface area contributed by atoms with Crippen LogP contribution in [0, 0.1) is 11.3 Å². The summed E-state index contributed by atoms with van der Waals surface area (Å²) in [4.78, 5) is 0. The summed E-state index contributed by atoms with van der Waals surface area (Å²) in [7, 11) is 2.10. The van der Waals surface area contributed by atoms with E-state index < -0.39 is 0 Å². The molecule has 3 aliphatic rings. The van der Waals surface area contributed by atoms with Gasteiger partial charge in [-0.15, -0.1) is 0 Å². The number of rotatable bonds is 3. The third kappa shape index (κ3) is 7.28. The molecule has 2 nitrogen and oxygen atoms in total. The maximum atomic E-state index is 3.42. The van der Waals surface area contributed by atoms with Gasteiger partial charge in [0.1, 0.15) is 0 Å².